The smallest absolute Gasteiger partial charge is 0.256 e. The number of hydrogen-bond donors (Lipinski definition) is 1. The largest absolute Gasteiger partial charge is 0.337 e. The van der Waals surface area contributed by atoms with Crippen LogP contribution in [0.4, 0.5) is 8.78 Å². The van der Waals surface area contributed by atoms with Gasteiger partial charge < -0.3 is 10.2 Å². The van der Waals surface area contributed by atoms with Gasteiger partial charge in [-0.15, -0.1) is 0 Å². The van der Waals surface area contributed by atoms with Crippen LogP contribution in [0.3, 0.4) is 0 Å². The van der Waals surface area contributed by atoms with E-state index in [2.05, 4.69) is 5.32 Å². The van der Waals surface area contributed by atoms with Crippen molar-refractivity contribution in [3.05, 3.63) is 35.4 Å². The Morgan fingerprint density at radius 2 is 2.22 bits per heavy atom. The maximum absolute atomic E-state index is 13.5. The van der Waals surface area contributed by atoms with Crippen molar-refractivity contribution in [1.29, 1.82) is 0 Å². The molecule has 0 aliphatic carbocycles. The molecule has 1 aromatic carbocycles. The van der Waals surface area contributed by atoms with Gasteiger partial charge in [0.1, 0.15) is 0 Å². The minimum Gasteiger partial charge on any atom is -0.337 e. The van der Waals surface area contributed by atoms with E-state index in [1.807, 2.05) is 7.05 Å². The Kier molecular flexibility index (Phi) is 3.91. The Balaban J connectivity index is 2.18. The minimum absolute atomic E-state index is 0.188. The molecule has 1 atom stereocenters. The van der Waals surface area contributed by atoms with Gasteiger partial charge in [0, 0.05) is 19.1 Å². The zero-order valence-electron chi connectivity index (χ0n) is 10.2. The molecule has 0 saturated carbocycles. The molecule has 1 amide bonds. The van der Waals surface area contributed by atoms with Crippen molar-refractivity contribution in [1.82, 2.24) is 10.2 Å². The van der Waals surface area contributed by atoms with Gasteiger partial charge in [0.2, 0.25) is 0 Å². The molecule has 0 spiro atoms. The summed E-state index contributed by atoms with van der Waals surface area (Å²) in [5.74, 6) is -2.48. The first-order chi connectivity index (χ1) is 8.63. The molecule has 1 unspecified atom stereocenters. The van der Waals surface area contributed by atoms with Crippen LogP contribution in [0.15, 0.2) is 18.2 Å². The van der Waals surface area contributed by atoms with Gasteiger partial charge in [-0.1, -0.05) is 6.07 Å². The zero-order chi connectivity index (χ0) is 13.1. The summed E-state index contributed by atoms with van der Waals surface area (Å²) in [7, 11) is 1.83. The summed E-state index contributed by atoms with van der Waals surface area (Å²) in [6.45, 7) is 1.12. The van der Waals surface area contributed by atoms with Gasteiger partial charge in [-0.05, 0) is 32.0 Å². The summed E-state index contributed by atoms with van der Waals surface area (Å²) >= 11 is 0. The summed E-state index contributed by atoms with van der Waals surface area (Å²) in [6.07, 6.45) is 1.86. The maximum atomic E-state index is 13.5. The lowest BCUT2D eigenvalue weighted by Crippen LogP contribution is -2.47. The molecule has 0 aromatic heterocycles. The Bertz CT molecular complexity index is 451. The van der Waals surface area contributed by atoms with E-state index in [1.165, 1.54) is 12.1 Å². The molecule has 5 heteroatoms. The number of hydrogen-bond acceptors (Lipinski definition) is 2. The molecule has 98 valence electrons. The van der Waals surface area contributed by atoms with Crippen LogP contribution in [0.1, 0.15) is 23.2 Å². The number of nitrogens with one attached hydrogen (secondary N) is 1. The van der Waals surface area contributed by atoms with Gasteiger partial charge >= 0.3 is 0 Å². The van der Waals surface area contributed by atoms with Crippen molar-refractivity contribution >= 4 is 5.91 Å². The molecule has 1 aromatic rings. The number of benzene rings is 1. The minimum atomic E-state index is -1.06. The molecule has 2 rings (SSSR count). The first-order valence-electron chi connectivity index (χ1n) is 6.04. The number of likely N-dealkylation sites (N-methyl/N-ethyl adjacent to an activating group) is 1. The second kappa shape index (κ2) is 5.44. The topological polar surface area (TPSA) is 32.3 Å². The van der Waals surface area contributed by atoms with Gasteiger partial charge in [0.15, 0.2) is 11.6 Å². The standard InChI is InChI=1S/C13H16F2N2O/c1-16-9-4-3-7-17(8-9)13(18)10-5-2-6-11(14)12(10)15/h2,5-6,9,16H,3-4,7-8H2,1H3. The summed E-state index contributed by atoms with van der Waals surface area (Å²) in [5.41, 5.74) is -0.188. The molecule has 1 aliphatic heterocycles. The van der Waals surface area contributed by atoms with E-state index >= 15 is 0 Å². The Morgan fingerprint density at radius 1 is 1.44 bits per heavy atom. The molecule has 3 nitrogen and oxygen atoms in total. The van der Waals surface area contributed by atoms with E-state index in [0.717, 1.165) is 18.9 Å². The highest BCUT2D eigenvalue weighted by Crippen LogP contribution is 2.17. The third-order valence-corrected chi connectivity index (χ3v) is 3.30. The van der Waals surface area contributed by atoms with E-state index in [4.69, 9.17) is 0 Å². The molecule has 1 N–H and O–H groups in total. The third kappa shape index (κ3) is 2.51. The van der Waals surface area contributed by atoms with Crippen molar-refractivity contribution in [2.24, 2.45) is 0 Å². The van der Waals surface area contributed by atoms with Crippen molar-refractivity contribution in [2.45, 2.75) is 18.9 Å². The lowest BCUT2D eigenvalue weighted by molar-refractivity contribution is 0.0692. The molecule has 18 heavy (non-hydrogen) atoms. The molecule has 0 bridgehead atoms. The predicted octanol–water partition coefficient (Wildman–Crippen LogP) is 1.79. The molecule has 1 fully saturated rings. The van der Waals surface area contributed by atoms with Gasteiger partial charge in [-0.3, -0.25) is 4.79 Å². The number of nitrogens with zero attached hydrogens (tertiary/aromatic N) is 1. The van der Waals surface area contributed by atoms with Crippen molar-refractivity contribution in [3.8, 4) is 0 Å². The first-order valence-corrected chi connectivity index (χ1v) is 6.04. The fourth-order valence-corrected chi connectivity index (χ4v) is 2.24. The van der Waals surface area contributed by atoms with Crippen molar-refractivity contribution < 1.29 is 13.6 Å². The van der Waals surface area contributed by atoms with Crippen LogP contribution < -0.4 is 5.32 Å². The van der Waals surface area contributed by atoms with E-state index in [9.17, 15) is 13.6 Å². The fraction of sp³-hybridized carbons (Fsp3) is 0.462. The second-order valence-electron chi connectivity index (χ2n) is 4.48. The summed E-state index contributed by atoms with van der Waals surface area (Å²) in [4.78, 5) is 13.7. The van der Waals surface area contributed by atoms with E-state index < -0.39 is 17.5 Å². The highest BCUT2D eigenvalue weighted by Gasteiger charge is 2.26. The lowest BCUT2D eigenvalue weighted by atomic mass is 10.0. The maximum Gasteiger partial charge on any atom is 0.256 e. The Hall–Kier alpha value is -1.49. The SMILES string of the molecule is CNC1CCCN(C(=O)c2cccc(F)c2F)C1. The van der Waals surface area contributed by atoms with Crippen LogP contribution >= 0.6 is 0 Å². The van der Waals surface area contributed by atoms with Crippen LogP contribution in [0, 0.1) is 11.6 Å². The van der Waals surface area contributed by atoms with E-state index in [1.54, 1.807) is 4.90 Å². The average Bonchev–Trinajstić information content (AvgIpc) is 2.41. The summed E-state index contributed by atoms with van der Waals surface area (Å²) < 4.78 is 26.6. The third-order valence-electron chi connectivity index (χ3n) is 3.30. The van der Waals surface area contributed by atoms with E-state index in [-0.39, 0.29) is 11.6 Å². The number of halogens is 2. The van der Waals surface area contributed by atoms with Gasteiger partial charge in [-0.2, -0.15) is 0 Å². The summed E-state index contributed by atoms with van der Waals surface area (Å²) in [6, 6.07) is 3.91. The number of piperidine rings is 1. The Morgan fingerprint density at radius 3 is 2.94 bits per heavy atom. The van der Waals surface area contributed by atoms with Crippen LogP contribution in [-0.2, 0) is 0 Å². The molecular weight excluding hydrogens is 238 g/mol. The van der Waals surface area contributed by atoms with E-state index in [0.29, 0.717) is 13.1 Å². The number of carbonyl (C=O) groups is 1. The fourth-order valence-electron chi connectivity index (χ4n) is 2.24. The quantitative estimate of drug-likeness (QED) is 0.872. The highest BCUT2D eigenvalue weighted by molar-refractivity contribution is 5.94. The van der Waals surface area contributed by atoms with Gasteiger partial charge in [-0.25, -0.2) is 8.78 Å². The second-order valence-corrected chi connectivity index (χ2v) is 4.48. The summed E-state index contributed by atoms with van der Waals surface area (Å²) in [5, 5.41) is 3.10. The van der Waals surface area contributed by atoms with Crippen molar-refractivity contribution in [3.63, 3.8) is 0 Å². The predicted molar refractivity (Wildman–Crippen MR) is 64.3 cm³/mol. The number of likely N-dealkylation sites (tertiary alicyclic amines) is 1. The van der Waals surface area contributed by atoms with Crippen LogP contribution in [-0.4, -0.2) is 37.0 Å². The van der Waals surface area contributed by atoms with Gasteiger partial charge in [0.05, 0.1) is 5.56 Å². The molecule has 1 aliphatic rings. The molecular formula is C13H16F2N2O. The van der Waals surface area contributed by atoms with Crippen LogP contribution in [0.2, 0.25) is 0 Å². The monoisotopic (exact) mass is 254 g/mol. The lowest BCUT2D eigenvalue weighted by Gasteiger charge is -2.32. The Labute approximate surface area is 105 Å². The first kappa shape index (κ1) is 13.0. The normalized spacial score (nSPS) is 19.9. The number of rotatable bonds is 2. The number of carbonyl (C=O) groups excluding carboxylic acids is 1. The highest BCUT2D eigenvalue weighted by atomic mass is 19.2. The molecule has 1 heterocycles. The molecule has 1 saturated heterocycles. The molecule has 0 radical (unpaired) electrons. The average molecular weight is 254 g/mol. The zero-order valence-corrected chi connectivity index (χ0v) is 10.2. The van der Waals surface area contributed by atoms with Crippen LogP contribution in [0.5, 0.6) is 0 Å². The van der Waals surface area contributed by atoms with Gasteiger partial charge in [0.25, 0.3) is 5.91 Å². The van der Waals surface area contributed by atoms with Crippen LogP contribution in [0.25, 0.3) is 0 Å². The van der Waals surface area contributed by atoms with Crippen molar-refractivity contribution in [2.75, 3.05) is 20.1 Å². The number of amides is 1.